The third-order valence-electron chi connectivity index (χ3n) is 3.12. The van der Waals surface area contributed by atoms with Gasteiger partial charge >= 0.3 is 0 Å². The second-order valence-electron chi connectivity index (χ2n) is 4.55. The Morgan fingerprint density at radius 1 is 1.63 bits per heavy atom. The fourth-order valence-electron chi connectivity index (χ4n) is 2.20. The Morgan fingerprint density at radius 3 is 3.11 bits per heavy atom. The van der Waals surface area contributed by atoms with Crippen LogP contribution in [0.4, 0.5) is 0 Å². The van der Waals surface area contributed by atoms with E-state index in [9.17, 15) is 4.79 Å². The molecule has 6 nitrogen and oxygen atoms in total. The van der Waals surface area contributed by atoms with Crippen molar-refractivity contribution < 1.29 is 4.79 Å². The van der Waals surface area contributed by atoms with E-state index in [4.69, 9.17) is 11.6 Å². The number of piperazine rings is 1. The summed E-state index contributed by atoms with van der Waals surface area (Å²) in [5, 5.41) is 6.34. The van der Waals surface area contributed by atoms with E-state index < -0.39 is 0 Å². The summed E-state index contributed by atoms with van der Waals surface area (Å²) < 4.78 is 0. The van der Waals surface area contributed by atoms with Crippen LogP contribution in [0.1, 0.15) is 11.5 Å². The van der Waals surface area contributed by atoms with Crippen LogP contribution in [0.5, 0.6) is 0 Å². The van der Waals surface area contributed by atoms with Gasteiger partial charge in [0.15, 0.2) is 0 Å². The van der Waals surface area contributed by atoms with Crippen molar-refractivity contribution >= 4 is 17.5 Å². The Labute approximate surface area is 117 Å². The standard InChI is InChI=1S/C12H18ClN5O/c1-8-5-10(13)17-11(16-8)7-18-4-3-15-6-9(18)12(19)14-2/h5,9,15H,3-4,6-7H2,1-2H3,(H,14,19). The maximum Gasteiger partial charge on any atom is 0.238 e. The Hall–Kier alpha value is -1.24. The lowest BCUT2D eigenvalue weighted by molar-refractivity contribution is -0.126. The molecule has 104 valence electrons. The van der Waals surface area contributed by atoms with Gasteiger partial charge in [0.05, 0.1) is 6.54 Å². The normalized spacial score (nSPS) is 20.3. The molecule has 0 aromatic carbocycles. The highest BCUT2D eigenvalue weighted by Crippen LogP contribution is 2.11. The Kier molecular flexibility index (Phi) is 4.68. The van der Waals surface area contributed by atoms with Crippen molar-refractivity contribution in [2.75, 3.05) is 26.7 Å². The summed E-state index contributed by atoms with van der Waals surface area (Å²) >= 11 is 5.93. The molecule has 7 heteroatoms. The average molecular weight is 284 g/mol. The first-order chi connectivity index (χ1) is 9.10. The SMILES string of the molecule is CNC(=O)C1CNCCN1Cc1nc(C)cc(Cl)n1. The molecule has 2 heterocycles. The van der Waals surface area contributed by atoms with Gasteiger partial charge < -0.3 is 10.6 Å². The number of nitrogens with one attached hydrogen (secondary N) is 2. The van der Waals surface area contributed by atoms with E-state index in [1.54, 1.807) is 13.1 Å². The minimum Gasteiger partial charge on any atom is -0.358 e. The van der Waals surface area contributed by atoms with Crippen LogP contribution in [-0.2, 0) is 11.3 Å². The molecule has 19 heavy (non-hydrogen) atoms. The topological polar surface area (TPSA) is 70.2 Å². The number of amides is 1. The van der Waals surface area contributed by atoms with Gasteiger partial charge in [-0.05, 0) is 13.0 Å². The molecule has 0 spiro atoms. The van der Waals surface area contributed by atoms with Gasteiger partial charge in [0.2, 0.25) is 5.91 Å². The van der Waals surface area contributed by atoms with Crippen molar-refractivity contribution in [2.24, 2.45) is 0 Å². The van der Waals surface area contributed by atoms with Crippen LogP contribution in [0, 0.1) is 6.92 Å². The van der Waals surface area contributed by atoms with Gasteiger partial charge in [0, 0.05) is 32.4 Å². The minimum atomic E-state index is -0.193. The van der Waals surface area contributed by atoms with Gasteiger partial charge in [-0.2, -0.15) is 0 Å². The zero-order valence-electron chi connectivity index (χ0n) is 11.1. The number of carbonyl (C=O) groups excluding carboxylic acids is 1. The van der Waals surface area contributed by atoms with Crippen LogP contribution in [0.25, 0.3) is 0 Å². The number of rotatable bonds is 3. The van der Waals surface area contributed by atoms with E-state index in [1.165, 1.54) is 0 Å². The molecule has 1 aromatic heterocycles. The highest BCUT2D eigenvalue weighted by Gasteiger charge is 2.28. The summed E-state index contributed by atoms with van der Waals surface area (Å²) in [5.74, 6) is 0.659. The summed E-state index contributed by atoms with van der Waals surface area (Å²) in [6.45, 7) is 4.69. The zero-order valence-corrected chi connectivity index (χ0v) is 11.9. The Morgan fingerprint density at radius 2 is 2.42 bits per heavy atom. The maximum atomic E-state index is 11.8. The summed E-state index contributed by atoms with van der Waals surface area (Å²) in [5.41, 5.74) is 0.835. The summed E-state index contributed by atoms with van der Waals surface area (Å²) in [7, 11) is 1.65. The fourth-order valence-corrected chi connectivity index (χ4v) is 2.46. The highest BCUT2D eigenvalue weighted by atomic mass is 35.5. The number of carbonyl (C=O) groups is 1. The van der Waals surface area contributed by atoms with E-state index in [2.05, 4.69) is 25.5 Å². The van der Waals surface area contributed by atoms with Gasteiger partial charge in [-0.3, -0.25) is 9.69 Å². The lowest BCUT2D eigenvalue weighted by Crippen LogP contribution is -2.57. The van der Waals surface area contributed by atoms with E-state index in [0.717, 1.165) is 18.8 Å². The number of nitrogens with zero attached hydrogens (tertiary/aromatic N) is 3. The molecule has 0 saturated carbocycles. The number of aromatic nitrogens is 2. The fraction of sp³-hybridized carbons (Fsp3) is 0.583. The number of aryl methyl sites for hydroxylation is 1. The lowest BCUT2D eigenvalue weighted by atomic mass is 10.1. The number of halogens is 1. The quantitative estimate of drug-likeness (QED) is 0.762. The second kappa shape index (κ2) is 6.27. The molecule has 1 saturated heterocycles. The third kappa shape index (κ3) is 3.62. The molecule has 2 N–H and O–H groups in total. The van der Waals surface area contributed by atoms with E-state index in [1.807, 2.05) is 6.92 Å². The van der Waals surface area contributed by atoms with Crippen LogP contribution in [0.3, 0.4) is 0 Å². The van der Waals surface area contributed by atoms with Crippen LogP contribution in [0.2, 0.25) is 5.15 Å². The van der Waals surface area contributed by atoms with Crippen LogP contribution in [-0.4, -0.2) is 53.5 Å². The third-order valence-corrected chi connectivity index (χ3v) is 3.31. The molecule has 1 atom stereocenters. The average Bonchev–Trinajstić information content (AvgIpc) is 2.37. The molecule has 1 fully saturated rings. The smallest absolute Gasteiger partial charge is 0.238 e. The molecule has 0 aliphatic carbocycles. The molecule has 2 rings (SSSR count). The lowest BCUT2D eigenvalue weighted by Gasteiger charge is -2.34. The van der Waals surface area contributed by atoms with Crippen molar-refractivity contribution in [1.82, 2.24) is 25.5 Å². The largest absolute Gasteiger partial charge is 0.358 e. The predicted octanol–water partition coefficient (Wildman–Crippen LogP) is -0.0418. The molecule has 1 unspecified atom stereocenters. The molecule has 1 aliphatic rings. The van der Waals surface area contributed by atoms with Gasteiger partial charge in [-0.1, -0.05) is 11.6 Å². The van der Waals surface area contributed by atoms with Gasteiger partial charge in [0.25, 0.3) is 0 Å². The van der Waals surface area contributed by atoms with Crippen LogP contribution < -0.4 is 10.6 Å². The molecule has 0 radical (unpaired) electrons. The van der Waals surface area contributed by atoms with Gasteiger partial charge in [-0.25, -0.2) is 9.97 Å². The van der Waals surface area contributed by atoms with E-state index in [0.29, 0.717) is 24.1 Å². The Bertz CT molecular complexity index is 447. The monoisotopic (exact) mass is 283 g/mol. The molecule has 1 aromatic rings. The Balaban J connectivity index is 2.12. The zero-order chi connectivity index (χ0) is 13.8. The van der Waals surface area contributed by atoms with Crippen molar-refractivity contribution in [1.29, 1.82) is 0 Å². The maximum absolute atomic E-state index is 11.8. The van der Waals surface area contributed by atoms with Crippen molar-refractivity contribution in [2.45, 2.75) is 19.5 Å². The van der Waals surface area contributed by atoms with Crippen molar-refractivity contribution in [3.63, 3.8) is 0 Å². The van der Waals surface area contributed by atoms with Crippen LogP contribution >= 0.6 is 11.6 Å². The minimum absolute atomic E-state index is 0.00551. The molecular formula is C12H18ClN5O. The first kappa shape index (κ1) is 14.2. The van der Waals surface area contributed by atoms with Crippen LogP contribution in [0.15, 0.2) is 6.07 Å². The second-order valence-corrected chi connectivity index (χ2v) is 4.94. The van der Waals surface area contributed by atoms with Crippen molar-refractivity contribution in [3.05, 3.63) is 22.7 Å². The first-order valence-corrected chi connectivity index (χ1v) is 6.64. The molecular weight excluding hydrogens is 266 g/mol. The van der Waals surface area contributed by atoms with E-state index in [-0.39, 0.29) is 11.9 Å². The number of hydrogen-bond donors (Lipinski definition) is 2. The first-order valence-electron chi connectivity index (χ1n) is 6.26. The van der Waals surface area contributed by atoms with E-state index >= 15 is 0 Å². The van der Waals surface area contributed by atoms with Gasteiger partial charge in [-0.15, -0.1) is 0 Å². The predicted molar refractivity (Wildman–Crippen MR) is 72.9 cm³/mol. The summed E-state index contributed by atoms with van der Waals surface area (Å²) in [6.07, 6.45) is 0. The highest BCUT2D eigenvalue weighted by molar-refractivity contribution is 6.29. The molecule has 1 amide bonds. The molecule has 0 bridgehead atoms. The van der Waals surface area contributed by atoms with Gasteiger partial charge in [0.1, 0.15) is 17.0 Å². The number of hydrogen-bond acceptors (Lipinski definition) is 5. The van der Waals surface area contributed by atoms with Crippen molar-refractivity contribution in [3.8, 4) is 0 Å². The summed E-state index contributed by atoms with van der Waals surface area (Å²) in [6, 6.07) is 1.53. The number of likely N-dealkylation sites (N-methyl/N-ethyl adjacent to an activating group) is 1. The molecule has 1 aliphatic heterocycles. The summed E-state index contributed by atoms with van der Waals surface area (Å²) in [4.78, 5) is 22.5.